The molecular formula is C20H24N6O2S. The Balaban J connectivity index is 1.48. The highest BCUT2D eigenvalue weighted by atomic mass is 32.2. The maximum atomic E-state index is 12.8. The number of sulfonamides is 1. The molecule has 8 nitrogen and oxygen atoms in total. The number of hydrogen-bond donors (Lipinski definition) is 1. The van der Waals surface area contributed by atoms with Gasteiger partial charge in [-0.25, -0.2) is 23.1 Å². The van der Waals surface area contributed by atoms with Crippen LogP contribution in [-0.4, -0.2) is 47.3 Å². The van der Waals surface area contributed by atoms with E-state index in [-0.39, 0.29) is 6.04 Å². The van der Waals surface area contributed by atoms with Crippen molar-refractivity contribution in [3.63, 3.8) is 0 Å². The Morgan fingerprint density at radius 2 is 2.03 bits per heavy atom. The third-order valence-corrected chi connectivity index (χ3v) is 6.74. The summed E-state index contributed by atoms with van der Waals surface area (Å²) in [5.74, 6) is 0.597. The second kappa shape index (κ2) is 7.57. The Morgan fingerprint density at radius 3 is 2.76 bits per heavy atom. The highest BCUT2D eigenvalue weighted by Gasteiger charge is 2.29. The molecule has 1 atom stereocenters. The van der Waals surface area contributed by atoms with E-state index in [0.29, 0.717) is 30.4 Å². The van der Waals surface area contributed by atoms with E-state index in [0.717, 1.165) is 22.4 Å². The van der Waals surface area contributed by atoms with E-state index >= 15 is 0 Å². The number of nitrogens with zero attached hydrogens (tertiary/aromatic N) is 5. The maximum absolute atomic E-state index is 12.8. The minimum atomic E-state index is -3.57. The third kappa shape index (κ3) is 4.15. The molecule has 0 saturated carbocycles. The number of anilines is 1. The topological polar surface area (TPSA) is 93.0 Å². The normalized spacial score (nSPS) is 17.1. The van der Waals surface area contributed by atoms with E-state index < -0.39 is 10.0 Å². The number of hydrogen-bond acceptors (Lipinski definition) is 6. The number of aryl methyl sites for hydroxylation is 3. The molecule has 1 aromatic carbocycles. The summed E-state index contributed by atoms with van der Waals surface area (Å²) >= 11 is 0. The molecule has 0 radical (unpaired) electrons. The van der Waals surface area contributed by atoms with Gasteiger partial charge >= 0.3 is 0 Å². The van der Waals surface area contributed by atoms with E-state index in [2.05, 4.69) is 19.8 Å². The largest absolute Gasteiger partial charge is 0.339 e. The standard InChI is InChI=1S/C20H24N6O2S/c1-14-4-5-19(15(2)10-14)29(27,28)24-17-7-9-26(13-17)20-21-8-6-18(23-20)16-11-22-25(3)12-16/h4-6,8,10-12,17,24H,7,9,13H2,1-3H3. The highest BCUT2D eigenvalue weighted by molar-refractivity contribution is 7.89. The molecule has 0 spiro atoms. The summed E-state index contributed by atoms with van der Waals surface area (Å²) in [7, 11) is -1.71. The van der Waals surface area contributed by atoms with Crippen LogP contribution in [0.1, 0.15) is 17.5 Å². The Hall–Kier alpha value is -2.78. The minimum absolute atomic E-state index is 0.189. The van der Waals surface area contributed by atoms with E-state index in [9.17, 15) is 8.42 Å². The van der Waals surface area contributed by atoms with Gasteiger partial charge < -0.3 is 4.90 Å². The molecule has 29 heavy (non-hydrogen) atoms. The molecular weight excluding hydrogens is 388 g/mol. The smallest absolute Gasteiger partial charge is 0.241 e. The van der Waals surface area contributed by atoms with Gasteiger partial charge in [0.15, 0.2) is 0 Å². The number of nitrogens with one attached hydrogen (secondary N) is 1. The Kier molecular flexibility index (Phi) is 5.10. The summed E-state index contributed by atoms with van der Waals surface area (Å²) in [5.41, 5.74) is 3.50. The SMILES string of the molecule is Cc1ccc(S(=O)(=O)NC2CCN(c3nccc(-c4cnn(C)c4)n3)C2)c(C)c1. The first-order valence-electron chi connectivity index (χ1n) is 9.48. The average Bonchev–Trinajstić information content (AvgIpc) is 3.30. The molecule has 152 valence electrons. The Labute approximate surface area is 170 Å². The van der Waals surface area contributed by atoms with Crippen molar-refractivity contribution < 1.29 is 8.42 Å². The molecule has 1 saturated heterocycles. The minimum Gasteiger partial charge on any atom is -0.339 e. The molecule has 4 rings (SSSR count). The van der Waals surface area contributed by atoms with Crippen LogP contribution in [0.3, 0.4) is 0 Å². The fourth-order valence-corrected chi connectivity index (χ4v) is 5.13. The first-order chi connectivity index (χ1) is 13.8. The van der Waals surface area contributed by atoms with Gasteiger partial charge in [0.1, 0.15) is 0 Å². The summed E-state index contributed by atoms with van der Waals surface area (Å²) in [6, 6.07) is 7.02. The van der Waals surface area contributed by atoms with Gasteiger partial charge in [-0.15, -0.1) is 0 Å². The Bertz CT molecular complexity index is 1140. The van der Waals surface area contributed by atoms with E-state index in [1.54, 1.807) is 23.1 Å². The van der Waals surface area contributed by atoms with Crippen LogP contribution >= 0.6 is 0 Å². The lowest BCUT2D eigenvalue weighted by atomic mass is 10.2. The van der Waals surface area contributed by atoms with Crippen LogP contribution in [0.4, 0.5) is 5.95 Å². The lowest BCUT2D eigenvalue weighted by molar-refractivity contribution is 0.560. The summed E-state index contributed by atoms with van der Waals surface area (Å²) in [5, 5.41) is 4.18. The first kappa shape index (κ1) is 19.5. The fourth-order valence-electron chi connectivity index (χ4n) is 3.64. The van der Waals surface area contributed by atoms with Crippen LogP contribution in [0.15, 0.2) is 47.8 Å². The van der Waals surface area contributed by atoms with Crippen molar-refractivity contribution in [3.8, 4) is 11.3 Å². The second-order valence-corrected chi connectivity index (χ2v) is 9.15. The predicted molar refractivity (Wildman–Crippen MR) is 111 cm³/mol. The summed E-state index contributed by atoms with van der Waals surface area (Å²) in [6.07, 6.45) is 6.08. The van der Waals surface area contributed by atoms with Crippen LogP contribution < -0.4 is 9.62 Å². The molecule has 1 aliphatic heterocycles. The highest BCUT2D eigenvalue weighted by Crippen LogP contribution is 2.23. The molecule has 2 aromatic heterocycles. The van der Waals surface area contributed by atoms with Gasteiger partial charge in [0.05, 0.1) is 16.8 Å². The quantitative estimate of drug-likeness (QED) is 0.689. The van der Waals surface area contributed by atoms with Gasteiger partial charge in [0.25, 0.3) is 0 Å². The fraction of sp³-hybridized carbons (Fsp3) is 0.350. The molecule has 3 aromatic rings. The van der Waals surface area contributed by atoms with Crippen molar-refractivity contribution >= 4 is 16.0 Å². The van der Waals surface area contributed by atoms with Crippen molar-refractivity contribution in [1.82, 2.24) is 24.5 Å². The molecule has 1 aliphatic rings. The van der Waals surface area contributed by atoms with Gasteiger partial charge in [-0.1, -0.05) is 17.7 Å². The number of rotatable bonds is 5. The number of aromatic nitrogens is 4. The summed E-state index contributed by atoms with van der Waals surface area (Å²) < 4.78 is 30.2. The van der Waals surface area contributed by atoms with Crippen molar-refractivity contribution in [2.24, 2.45) is 7.05 Å². The summed E-state index contributed by atoms with van der Waals surface area (Å²) in [6.45, 7) is 4.99. The molecule has 0 bridgehead atoms. The molecule has 0 amide bonds. The van der Waals surface area contributed by atoms with Crippen molar-refractivity contribution in [2.75, 3.05) is 18.0 Å². The molecule has 3 heterocycles. The molecule has 1 unspecified atom stereocenters. The molecule has 9 heteroatoms. The lowest BCUT2D eigenvalue weighted by Gasteiger charge is -2.18. The van der Waals surface area contributed by atoms with Gasteiger partial charge in [-0.2, -0.15) is 5.10 Å². The van der Waals surface area contributed by atoms with Crippen LogP contribution in [0, 0.1) is 13.8 Å². The van der Waals surface area contributed by atoms with E-state index in [1.807, 2.05) is 50.2 Å². The lowest BCUT2D eigenvalue weighted by Crippen LogP contribution is -2.37. The van der Waals surface area contributed by atoms with Crippen LogP contribution in [0.5, 0.6) is 0 Å². The maximum Gasteiger partial charge on any atom is 0.241 e. The second-order valence-electron chi connectivity index (χ2n) is 7.47. The van der Waals surface area contributed by atoms with Crippen molar-refractivity contribution in [3.05, 3.63) is 54.0 Å². The van der Waals surface area contributed by atoms with Crippen LogP contribution in [-0.2, 0) is 17.1 Å². The summed E-state index contributed by atoms with van der Waals surface area (Å²) in [4.78, 5) is 11.4. The first-order valence-corrected chi connectivity index (χ1v) is 11.0. The predicted octanol–water partition coefficient (Wildman–Crippen LogP) is 2.05. The molecule has 1 fully saturated rings. The van der Waals surface area contributed by atoms with Gasteiger partial charge in [-0.05, 0) is 38.0 Å². The van der Waals surface area contributed by atoms with Crippen LogP contribution in [0.2, 0.25) is 0 Å². The third-order valence-electron chi connectivity index (χ3n) is 5.06. The van der Waals surface area contributed by atoms with Crippen molar-refractivity contribution in [1.29, 1.82) is 0 Å². The zero-order chi connectivity index (χ0) is 20.6. The van der Waals surface area contributed by atoms with Gasteiger partial charge in [0, 0.05) is 44.1 Å². The van der Waals surface area contributed by atoms with Crippen molar-refractivity contribution in [2.45, 2.75) is 31.2 Å². The monoisotopic (exact) mass is 412 g/mol. The Morgan fingerprint density at radius 1 is 1.21 bits per heavy atom. The zero-order valence-corrected chi connectivity index (χ0v) is 17.5. The van der Waals surface area contributed by atoms with E-state index in [4.69, 9.17) is 0 Å². The zero-order valence-electron chi connectivity index (χ0n) is 16.7. The number of benzene rings is 1. The van der Waals surface area contributed by atoms with Gasteiger partial charge in [-0.3, -0.25) is 4.68 Å². The van der Waals surface area contributed by atoms with Crippen LogP contribution in [0.25, 0.3) is 11.3 Å². The van der Waals surface area contributed by atoms with E-state index in [1.165, 1.54) is 0 Å². The molecule has 0 aliphatic carbocycles. The average molecular weight is 413 g/mol. The van der Waals surface area contributed by atoms with Gasteiger partial charge in [0.2, 0.25) is 16.0 Å². The molecule has 1 N–H and O–H groups in total.